The molecule has 1 aliphatic carbocycles. The van der Waals surface area contributed by atoms with Gasteiger partial charge in [-0.25, -0.2) is 9.37 Å². The number of hydrogen-bond acceptors (Lipinski definition) is 4. The van der Waals surface area contributed by atoms with Crippen LogP contribution in [0.25, 0.3) is 0 Å². The number of halogens is 1. The van der Waals surface area contributed by atoms with Crippen molar-refractivity contribution in [2.75, 3.05) is 6.61 Å². The van der Waals surface area contributed by atoms with Crippen molar-refractivity contribution in [2.45, 2.75) is 32.1 Å². The number of fused-ring (bicyclic) bond motifs is 1. The van der Waals surface area contributed by atoms with Crippen molar-refractivity contribution in [1.29, 1.82) is 0 Å². The van der Waals surface area contributed by atoms with Gasteiger partial charge in [-0.15, -0.1) is 11.3 Å². The van der Waals surface area contributed by atoms with Crippen LogP contribution in [0.3, 0.4) is 0 Å². The van der Waals surface area contributed by atoms with E-state index < -0.39 is 0 Å². The van der Waals surface area contributed by atoms with Gasteiger partial charge in [-0.1, -0.05) is 12.1 Å². The Kier molecular flexibility index (Phi) is 4.01. The minimum Gasteiger partial charge on any atom is -0.465 e. The van der Waals surface area contributed by atoms with Crippen molar-refractivity contribution in [3.05, 3.63) is 51.2 Å². The van der Waals surface area contributed by atoms with Gasteiger partial charge >= 0.3 is 5.97 Å². The first kappa shape index (κ1) is 14.2. The van der Waals surface area contributed by atoms with Crippen molar-refractivity contribution < 1.29 is 13.9 Å². The summed E-state index contributed by atoms with van der Waals surface area (Å²) in [7, 11) is 0. The number of hydrogen-bond donors (Lipinski definition) is 0. The van der Waals surface area contributed by atoms with E-state index in [1.54, 1.807) is 17.4 Å². The molecule has 3 nitrogen and oxygen atoms in total. The lowest BCUT2D eigenvalue weighted by atomic mass is 10.1. The maximum atomic E-state index is 13.2. The number of carbonyl (C=O) groups excluding carboxylic acids is 1. The van der Waals surface area contributed by atoms with Crippen LogP contribution in [0.15, 0.2) is 24.3 Å². The Hall–Kier alpha value is -1.75. The van der Waals surface area contributed by atoms with Gasteiger partial charge in [-0.05, 0) is 37.5 Å². The highest BCUT2D eigenvalue weighted by atomic mass is 32.1. The van der Waals surface area contributed by atoms with E-state index in [9.17, 15) is 9.18 Å². The number of nitrogens with zero attached hydrogens (tertiary/aromatic N) is 1. The lowest BCUT2D eigenvalue weighted by molar-refractivity contribution is -0.145. The maximum absolute atomic E-state index is 13.2. The minimum absolute atomic E-state index is 0.182. The third kappa shape index (κ3) is 2.97. The maximum Gasteiger partial charge on any atom is 0.315 e. The molecule has 1 unspecified atom stereocenters. The van der Waals surface area contributed by atoms with Crippen molar-refractivity contribution in [3.63, 3.8) is 0 Å². The highest BCUT2D eigenvalue weighted by Crippen LogP contribution is 2.37. The van der Waals surface area contributed by atoms with Gasteiger partial charge in [-0.3, -0.25) is 4.79 Å². The number of aromatic nitrogens is 1. The number of benzene rings is 1. The predicted molar refractivity (Wildman–Crippen MR) is 79.0 cm³/mol. The second kappa shape index (κ2) is 5.93. The lowest BCUT2D eigenvalue weighted by Gasteiger charge is -2.07. The van der Waals surface area contributed by atoms with Gasteiger partial charge in [0.05, 0.1) is 17.3 Å². The Bertz CT molecular complexity index is 668. The molecule has 1 aromatic heterocycles. The second-order valence-electron chi connectivity index (χ2n) is 5.07. The molecule has 0 aliphatic heterocycles. The Morgan fingerprint density at radius 3 is 3.14 bits per heavy atom. The normalized spacial score (nSPS) is 16.8. The summed E-state index contributed by atoms with van der Waals surface area (Å²) in [6.45, 7) is 2.20. The molecule has 1 aliphatic rings. The van der Waals surface area contributed by atoms with Crippen LogP contribution in [0.1, 0.15) is 40.4 Å². The molecule has 3 rings (SSSR count). The standard InChI is InChI=1S/C16H16FNO2S/c1-2-20-16(19)12-6-7-13-15(12)18-14(21-13)9-10-4-3-5-11(17)8-10/h3-5,8,12H,2,6-7,9H2,1H3. The first-order valence-corrected chi connectivity index (χ1v) is 7.88. The Morgan fingerprint density at radius 1 is 1.52 bits per heavy atom. The fourth-order valence-corrected chi connectivity index (χ4v) is 3.83. The molecule has 0 amide bonds. The molecule has 0 radical (unpaired) electrons. The largest absolute Gasteiger partial charge is 0.465 e. The summed E-state index contributed by atoms with van der Waals surface area (Å²) in [5.74, 6) is -0.641. The number of thiazole rings is 1. The fourth-order valence-electron chi connectivity index (χ4n) is 2.65. The molecule has 1 aromatic carbocycles. The number of carbonyl (C=O) groups is 1. The first-order chi connectivity index (χ1) is 10.2. The van der Waals surface area contributed by atoms with Crippen LogP contribution in [0.2, 0.25) is 0 Å². The van der Waals surface area contributed by atoms with E-state index in [0.29, 0.717) is 13.0 Å². The molecule has 21 heavy (non-hydrogen) atoms. The second-order valence-corrected chi connectivity index (χ2v) is 6.23. The molecule has 0 bridgehead atoms. The van der Waals surface area contributed by atoms with Gasteiger partial charge in [0.2, 0.25) is 0 Å². The Morgan fingerprint density at radius 2 is 2.38 bits per heavy atom. The van der Waals surface area contributed by atoms with Gasteiger partial charge in [0.25, 0.3) is 0 Å². The topological polar surface area (TPSA) is 39.2 Å². The SMILES string of the molecule is CCOC(=O)C1CCc2sc(Cc3cccc(F)c3)nc21. The number of rotatable bonds is 4. The highest BCUT2D eigenvalue weighted by Gasteiger charge is 2.33. The average Bonchev–Trinajstić information content (AvgIpc) is 2.98. The zero-order chi connectivity index (χ0) is 14.8. The van der Waals surface area contributed by atoms with E-state index in [1.165, 1.54) is 17.0 Å². The van der Waals surface area contributed by atoms with Crippen LogP contribution >= 0.6 is 11.3 Å². The van der Waals surface area contributed by atoms with Crippen molar-refractivity contribution >= 4 is 17.3 Å². The number of esters is 1. The summed E-state index contributed by atoms with van der Waals surface area (Å²) in [4.78, 5) is 17.7. The van der Waals surface area contributed by atoms with Gasteiger partial charge in [0, 0.05) is 11.3 Å². The lowest BCUT2D eigenvalue weighted by Crippen LogP contribution is -2.14. The molecule has 0 saturated heterocycles. The van der Waals surface area contributed by atoms with Gasteiger partial charge in [0.1, 0.15) is 11.7 Å². The monoisotopic (exact) mass is 305 g/mol. The zero-order valence-electron chi connectivity index (χ0n) is 11.8. The van der Waals surface area contributed by atoms with Crippen LogP contribution in [0.4, 0.5) is 4.39 Å². The number of ether oxygens (including phenoxy) is 1. The van der Waals surface area contributed by atoms with Crippen molar-refractivity contribution in [3.8, 4) is 0 Å². The smallest absolute Gasteiger partial charge is 0.315 e. The average molecular weight is 305 g/mol. The van der Waals surface area contributed by atoms with Crippen molar-refractivity contribution in [2.24, 2.45) is 0 Å². The highest BCUT2D eigenvalue weighted by molar-refractivity contribution is 7.11. The minimum atomic E-state index is -0.235. The van der Waals surface area contributed by atoms with Crippen LogP contribution in [-0.2, 0) is 22.4 Å². The molecule has 0 spiro atoms. The van der Waals surface area contributed by atoms with E-state index in [-0.39, 0.29) is 17.7 Å². The third-order valence-corrected chi connectivity index (χ3v) is 4.71. The van der Waals surface area contributed by atoms with Gasteiger partial charge < -0.3 is 4.74 Å². The van der Waals surface area contributed by atoms with Crippen LogP contribution in [-0.4, -0.2) is 17.6 Å². The summed E-state index contributed by atoms with van der Waals surface area (Å²) in [6.07, 6.45) is 2.26. The number of aryl methyl sites for hydroxylation is 1. The van der Waals surface area contributed by atoms with E-state index in [0.717, 1.165) is 29.1 Å². The van der Waals surface area contributed by atoms with Crippen LogP contribution in [0.5, 0.6) is 0 Å². The molecule has 0 fully saturated rings. The van der Waals surface area contributed by atoms with E-state index >= 15 is 0 Å². The fraction of sp³-hybridized carbons (Fsp3) is 0.375. The molecular weight excluding hydrogens is 289 g/mol. The quantitative estimate of drug-likeness (QED) is 0.812. The zero-order valence-corrected chi connectivity index (χ0v) is 12.6. The van der Waals surface area contributed by atoms with Gasteiger partial charge in [0.15, 0.2) is 0 Å². The molecule has 1 heterocycles. The molecule has 5 heteroatoms. The molecule has 110 valence electrons. The molecule has 2 aromatic rings. The first-order valence-electron chi connectivity index (χ1n) is 7.07. The summed E-state index contributed by atoms with van der Waals surface area (Å²) in [6, 6.07) is 6.54. The van der Waals surface area contributed by atoms with Crippen LogP contribution in [0, 0.1) is 5.82 Å². The molecule has 0 N–H and O–H groups in total. The van der Waals surface area contributed by atoms with E-state index in [1.807, 2.05) is 13.0 Å². The Labute approximate surface area is 126 Å². The third-order valence-electron chi connectivity index (χ3n) is 3.58. The summed E-state index contributed by atoms with van der Waals surface area (Å²) < 4.78 is 18.3. The van der Waals surface area contributed by atoms with Gasteiger partial charge in [-0.2, -0.15) is 0 Å². The predicted octanol–water partition coefficient (Wildman–Crippen LogP) is 3.47. The Balaban J connectivity index is 1.79. The van der Waals surface area contributed by atoms with E-state index in [4.69, 9.17) is 4.74 Å². The van der Waals surface area contributed by atoms with E-state index in [2.05, 4.69) is 4.98 Å². The summed E-state index contributed by atoms with van der Waals surface area (Å²) in [5, 5.41) is 0.930. The van der Waals surface area contributed by atoms with Crippen LogP contribution < -0.4 is 0 Å². The van der Waals surface area contributed by atoms with Crippen molar-refractivity contribution in [1.82, 2.24) is 4.98 Å². The molecular formula is C16H16FNO2S. The molecule has 0 saturated carbocycles. The molecule has 1 atom stereocenters. The summed E-state index contributed by atoms with van der Waals surface area (Å²) in [5.41, 5.74) is 1.76. The summed E-state index contributed by atoms with van der Waals surface area (Å²) >= 11 is 1.62.